The zero-order valence-corrected chi connectivity index (χ0v) is 13.2. The van der Waals surface area contributed by atoms with E-state index in [4.69, 9.17) is 4.74 Å². The van der Waals surface area contributed by atoms with Crippen LogP contribution >= 0.6 is 0 Å². The minimum Gasteiger partial charge on any atom is -0.484 e. The molecule has 2 aliphatic heterocycles. The number of fused-ring (bicyclic) bond motifs is 1. The van der Waals surface area contributed by atoms with Crippen LogP contribution in [0.5, 0.6) is 5.75 Å². The number of rotatable bonds is 3. The summed E-state index contributed by atoms with van der Waals surface area (Å²) >= 11 is 0. The van der Waals surface area contributed by atoms with E-state index < -0.39 is 0 Å². The summed E-state index contributed by atoms with van der Waals surface area (Å²) in [5.74, 6) is 1.07. The summed E-state index contributed by atoms with van der Waals surface area (Å²) in [6, 6.07) is 13.1. The van der Waals surface area contributed by atoms with Crippen LogP contribution in [0.25, 0.3) is 0 Å². The molecule has 0 bridgehead atoms. The second-order valence-electron chi connectivity index (χ2n) is 6.58. The van der Waals surface area contributed by atoms with Crippen molar-refractivity contribution < 1.29 is 4.74 Å². The van der Waals surface area contributed by atoms with Crippen molar-refractivity contribution in [2.45, 2.75) is 37.8 Å². The molecule has 2 aromatic rings. The summed E-state index contributed by atoms with van der Waals surface area (Å²) < 4.78 is 8.89. The van der Waals surface area contributed by atoms with Crippen LogP contribution in [-0.4, -0.2) is 34.7 Å². The van der Waals surface area contributed by atoms with Crippen LogP contribution in [0.2, 0.25) is 0 Å². The maximum atomic E-state index is 6.55. The zero-order valence-electron chi connectivity index (χ0n) is 13.2. The van der Waals surface area contributed by atoms with Crippen molar-refractivity contribution in [3.05, 3.63) is 54.4 Å². The lowest BCUT2D eigenvalue weighted by Gasteiger charge is -2.42. The van der Waals surface area contributed by atoms with Crippen molar-refractivity contribution in [1.82, 2.24) is 9.47 Å². The largest absolute Gasteiger partial charge is 0.484 e. The Hall–Kier alpha value is -1.74. The zero-order chi connectivity index (χ0) is 15.0. The molecule has 1 aromatic heterocycles. The Labute approximate surface area is 132 Å². The van der Waals surface area contributed by atoms with Gasteiger partial charge < -0.3 is 14.2 Å². The Bertz CT molecular complexity index is 627. The normalized spacial score (nSPS) is 23.4. The van der Waals surface area contributed by atoms with Crippen LogP contribution in [0.3, 0.4) is 0 Å². The van der Waals surface area contributed by atoms with Gasteiger partial charge in [0.25, 0.3) is 0 Å². The smallest absolute Gasteiger partial charge is 0.136 e. The van der Waals surface area contributed by atoms with E-state index in [2.05, 4.69) is 65.2 Å². The number of para-hydroxylation sites is 1. The van der Waals surface area contributed by atoms with E-state index in [1.54, 1.807) is 0 Å². The Balaban J connectivity index is 1.68. The Morgan fingerprint density at radius 1 is 1.09 bits per heavy atom. The number of hydrogen-bond acceptors (Lipinski definition) is 2. The van der Waals surface area contributed by atoms with Crippen LogP contribution in [0.4, 0.5) is 0 Å². The Morgan fingerprint density at radius 3 is 2.55 bits per heavy atom. The molecule has 1 unspecified atom stereocenters. The van der Waals surface area contributed by atoms with E-state index in [9.17, 15) is 0 Å². The number of likely N-dealkylation sites (tertiary alicyclic amines) is 1. The quantitative estimate of drug-likeness (QED) is 0.859. The average molecular weight is 296 g/mol. The summed E-state index contributed by atoms with van der Waals surface area (Å²) in [6.45, 7) is 5.74. The minimum absolute atomic E-state index is 0.0764. The first kappa shape index (κ1) is 13.9. The molecule has 1 saturated heterocycles. The molecular weight excluding hydrogens is 272 g/mol. The molecule has 1 fully saturated rings. The van der Waals surface area contributed by atoms with E-state index in [1.165, 1.54) is 18.5 Å². The van der Waals surface area contributed by atoms with Crippen molar-refractivity contribution in [2.24, 2.45) is 0 Å². The molecule has 1 spiro atoms. The molecule has 0 amide bonds. The van der Waals surface area contributed by atoms with Crippen LogP contribution in [-0.2, 0) is 0 Å². The highest BCUT2D eigenvalue weighted by molar-refractivity contribution is 5.43. The Kier molecular flexibility index (Phi) is 3.45. The maximum Gasteiger partial charge on any atom is 0.136 e. The lowest BCUT2D eigenvalue weighted by atomic mass is 9.82. The predicted molar refractivity (Wildman–Crippen MR) is 88.3 cm³/mol. The van der Waals surface area contributed by atoms with Crippen LogP contribution < -0.4 is 4.74 Å². The number of aromatic nitrogens is 1. The van der Waals surface area contributed by atoms with E-state index >= 15 is 0 Å². The van der Waals surface area contributed by atoms with Gasteiger partial charge in [0.05, 0.1) is 0 Å². The highest BCUT2D eigenvalue weighted by Crippen LogP contribution is 2.50. The van der Waals surface area contributed by atoms with E-state index in [0.29, 0.717) is 6.04 Å². The molecule has 0 N–H and O–H groups in total. The van der Waals surface area contributed by atoms with E-state index in [1.807, 2.05) is 0 Å². The topological polar surface area (TPSA) is 17.4 Å². The maximum absolute atomic E-state index is 6.55. The van der Waals surface area contributed by atoms with Gasteiger partial charge in [0.15, 0.2) is 0 Å². The number of piperidine rings is 1. The first-order valence-corrected chi connectivity index (χ1v) is 8.45. The fourth-order valence-corrected chi connectivity index (χ4v) is 4.16. The first-order valence-electron chi connectivity index (χ1n) is 8.45. The molecule has 0 radical (unpaired) electrons. The monoisotopic (exact) mass is 296 g/mol. The third-order valence-corrected chi connectivity index (χ3v) is 5.19. The second-order valence-corrected chi connectivity index (χ2v) is 6.58. The average Bonchev–Trinajstić information content (AvgIpc) is 3.15. The van der Waals surface area contributed by atoms with E-state index in [0.717, 1.165) is 31.7 Å². The second kappa shape index (κ2) is 5.47. The predicted octanol–water partition coefficient (Wildman–Crippen LogP) is 3.71. The lowest BCUT2D eigenvalue weighted by molar-refractivity contribution is -0.00685. The summed E-state index contributed by atoms with van der Waals surface area (Å²) in [6.07, 6.45) is 7.79. The van der Waals surface area contributed by atoms with Gasteiger partial charge in [-0.05, 0) is 31.2 Å². The molecule has 0 saturated carbocycles. The molecule has 3 heteroatoms. The van der Waals surface area contributed by atoms with Crippen molar-refractivity contribution in [1.29, 1.82) is 0 Å². The van der Waals surface area contributed by atoms with Crippen molar-refractivity contribution in [3.63, 3.8) is 0 Å². The summed E-state index contributed by atoms with van der Waals surface area (Å²) in [5.41, 5.74) is 1.26. The fourth-order valence-electron chi connectivity index (χ4n) is 4.16. The molecule has 2 aliphatic rings. The van der Waals surface area contributed by atoms with Crippen LogP contribution in [0, 0.1) is 0 Å². The summed E-state index contributed by atoms with van der Waals surface area (Å²) in [4.78, 5) is 2.57. The molecule has 1 atom stereocenters. The molecule has 0 aliphatic carbocycles. The third-order valence-electron chi connectivity index (χ3n) is 5.19. The highest BCUT2D eigenvalue weighted by atomic mass is 16.5. The molecule has 4 rings (SSSR count). The van der Waals surface area contributed by atoms with Gasteiger partial charge in [-0.1, -0.05) is 25.1 Å². The first-order chi connectivity index (χ1) is 10.8. The fraction of sp³-hybridized carbons (Fsp3) is 0.474. The third kappa shape index (κ3) is 2.15. The molecule has 3 nitrogen and oxygen atoms in total. The van der Waals surface area contributed by atoms with E-state index in [-0.39, 0.29) is 5.60 Å². The van der Waals surface area contributed by atoms with Gasteiger partial charge >= 0.3 is 0 Å². The Morgan fingerprint density at radius 2 is 1.82 bits per heavy atom. The van der Waals surface area contributed by atoms with Crippen LogP contribution in [0.1, 0.15) is 37.8 Å². The van der Waals surface area contributed by atoms with Gasteiger partial charge in [-0.25, -0.2) is 0 Å². The number of benzene rings is 1. The molecule has 1 aromatic carbocycles. The van der Waals surface area contributed by atoms with Crippen molar-refractivity contribution >= 4 is 0 Å². The number of hydrogen-bond donors (Lipinski definition) is 0. The number of ether oxygens (including phenoxy) is 1. The summed E-state index contributed by atoms with van der Waals surface area (Å²) in [5, 5.41) is 0. The lowest BCUT2D eigenvalue weighted by Crippen LogP contribution is -2.50. The van der Waals surface area contributed by atoms with Crippen molar-refractivity contribution in [2.75, 3.05) is 19.6 Å². The van der Waals surface area contributed by atoms with Gasteiger partial charge in [0.1, 0.15) is 17.4 Å². The van der Waals surface area contributed by atoms with Gasteiger partial charge in [-0.15, -0.1) is 0 Å². The van der Waals surface area contributed by atoms with Crippen molar-refractivity contribution in [3.8, 4) is 5.75 Å². The minimum atomic E-state index is -0.0764. The standard InChI is InChI=1S/C19H24N2O/c1-2-11-20-14-9-19(10-15-20)18(21-12-5-6-13-21)16-7-3-4-8-17(16)22-19/h3-8,12-13,18H,2,9-11,14-15H2,1H3. The number of nitrogens with zero attached hydrogens (tertiary/aromatic N) is 2. The SMILES string of the molecule is CCCN1CCC2(CC1)Oc1ccccc1C2n1cccc1. The van der Waals surface area contributed by atoms with Gasteiger partial charge in [0, 0.05) is 43.9 Å². The molecule has 3 heterocycles. The molecule has 116 valence electrons. The highest BCUT2D eigenvalue weighted by Gasteiger charge is 2.50. The van der Waals surface area contributed by atoms with Gasteiger partial charge in [-0.3, -0.25) is 0 Å². The summed E-state index contributed by atoms with van der Waals surface area (Å²) in [7, 11) is 0. The van der Waals surface area contributed by atoms with Gasteiger partial charge in [0.2, 0.25) is 0 Å². The van der Waals surface area contributed by atoms with Crippen LogP contribution in [0.15, 0.2) is 48.8 Å². The molecular formula is C19H24N2O. The molecule has 22 heavy (non-hydrogen) atoms. The van der Waals surface area contributed by atoms with Gasteiger partial charge in [-0.2, -0.15) is 0 Å².